The molecule has 1 aliphatic carbocycles. The molecule has 1 saturated carbocycles. The summed E-state index contributed by atoms with van der Waals surface area (Å²) in [5.74, 6) is -5.16. The summed E-state index contributed by atoms with van der Waals surface area (Å²) in [6, 6.07) is 0. The van der Waals surface area contributed by atoms with Crippen LogP contribution in [0.15, 0.2) is 0 Å². The van der Waals surface area contributed by atoms with Crippen molar-refractivity contribution < 1.29 is 71.6 Å². The largest absolute Gasteiger partial charge is 0.467 e. The first-order valence-electron chi connectivity index (χ1n) is 15.5. The molecular weight excluding hydrogens is 600 g/mol. The first-order chi connectivity index (χ1) is 21.2. The summed E-state index contributed by atoms with van der Waals surface area (Å²) in [6.45, 7) is 11.6. The lowest BCUT2D eigenvalue weighted by Crippen LogP contribution is -2.71. The first-order valence-corrected chi connectivity index (χ1v) is 15.5. The second kappa shape index (κ2) is 13.0. The summed E-state index contributed by atoms with van der Waals surface area (Å²) in [5, 5.41) is 0. The standard InChI is InChI=1S/C30H44O15/c1-9-36-26-14(3)18-11-10-13(2)20-19(12-29(7)43-28(42-26)30(18,20)45-44-29)40-27-24(39-17(6)33)22(38-16(5)32)21(37-15(4)31)23(41-27)25(34)35-8/h13-14,18-24,26-28H,9-12H2,1-8H3/t13-,14-,18+,19+,20-,21+,22+,23+,24-,26+,27-,28-,29-,30+/m1/s1. The quantitative estimate of drug-likeness (QED) is 0.213. The Labute approximate surface area is 261 Å². The van der Waals surface area contributed by atoms with Gasteiger partial charge >= 0.3 is 23.9 Å². The van der Waals surface area contributed by atoms with Crippen LogP contribution in [0.3, 0.4) is 0 Å². The summed E-state index contributed by atoms with van der Waals surface area (Å²) < 4.78 is 53.1. The summed E-state index contributed by atoms with van der Waals surface area (Å²) in [4.78, 5) is 62.0. The summed E-state index contributed by atoms with van der Waals surface area (Å²) >= 11 is 0. The Morgan fingerprint density at radius 1 is 0.844 bits per heavy atom. The van der Waals surface area contributed by atoms with Crippen molar-refractivity contribution in [3.63, 3.8) is 0 Å². The zero-order chi connectivity index (χ0) is 32.8. The molecule has 0 aromatic carbocycles. The fraction of sp³-hybridized carbons (Fsp3) is 0.867. The minimum atomic E-state index is -1.59. The monoisotopic (exact) mass is 644 g/mol. The van der Waals surface area contributed by atoms with E-state index in [1.807, 2.05) is 13.8 Å². The van der Waals surface area contributed by atoms with E-state index < -0.39 is 90.6 Å². The fourth-order valence-electron chi connectivity index (χ4n) is 7.85. The van der Waals surface area contributed by atoms with Crippen molar-refractivity contribution in [2.24, 2.45) is 23.7 Å². The smallest absolute Gasteiger partial charge is 0.339 e. The molecule has 0 amide bonds. The molecule has 1 spiro atoms. The van der Waals surface area contributed by atoms with Gasteiger partial charge in [0.1, 0.15) is 0 Å². The normalized spacial score (nSPS) is 45.4. The lowest BCUT2D eigenvalue weighted by molar-refractivity contribution is -0.577. The zero-order valence-electron chi connectivity index (χ0n) is 26.9. The Hall–Kier alpha value is -2.40. The molecule has 15 nitrogen and oxygen atoms in total. The van der Waals surface area contributed by atoms with Gasteiger partial charge in [0.05, 0.1) is 13.2 Å². The van der Waals surface area contributed by atoms with Crippen LogP contribution in [-0.2, 0) is 71.6 Å². The molecule has 5 saturated heterocycles. The van der Waals surface area contributed by atoms with Crippen LogP contribution >= 0.6 is 0 Å². The highest BCUT2D eigenvalue weighted by atomic mass is 17.3. The maximum Gasteiger partial charge on any atom is 0.339 e. The number of fused-ring (bicyclic) bond motifs is 2. The molecule has 6 aliphatic rings. The van der Waals surface area contributed by atoms with Gasteiger partial charge in [0.2, 0.25) is 5.79 Å². The van der Waals surface area contributed by atoms with Crippen molar-refractivity contribution in [2.75, 3.05) is 13.7 Å². The summed E-state index contributed by atoms with van der Waals surface area (Å²) in [5.41, 5.74) is -1.10. The van der Waals surface area contributed by atoms with Gasteiger partial charge in [-0.2, -0.15) is 0 Å². The highest BCUT2D eigenvalue weighted by Gasteiger charge is 2.72. The third kappa shape index (κ3) is 6.20. The molecule has 0 radical (unpaired) electrons. The average Bonchev–Trinajstić information content (AvgIpc) is 3.15. The van der Waals surface area contributed by atoms with E-state index in [1.54, 1.807) is 6.92 Å². The van der Waals surface area contributed by atoms with E-state index >= 15 is 0 Å². The number of hydrogen-bond acceptors (Lipinski definition) is 15. The fourth-order valence-corrected chi connectivity index (χ4v) is 7.85. The van der Waals surface area contributed by atoms with Gasteiger partial charge in [-0.25, -0.2) is 14.6 Å². The van der Waals surface area contributed by atoms with Crippen LogP contribution in [0.2, 0.25) is 0 Å². The van der Waals surface area contributed by atoms with Crippen LogP contribution in [0.5, 0.6) is 0 Å². The molecule has 5 heterocycles. The molecule has 0 aromatic heterocycles. The van der Waals surface area contributed by atoms with Gasteiger partial charge < -0.3 is 42.6 Å². The molecule has 15 heteroatoms. The van der Waals surface area contributed by atoms with Gasteiger partial charge in [-0.15, -0.1) is 0 Å². The van der Waals surface area contributed by atoms with Crippen LogP contribution in [0, 0.1) is 23.7 Å². The van der Waals surface area contributed by atoms with Crippen molar-refractivity contribution in [3.05, 3.63) is 0 Å². The molecular formula is C30H44O15. The number of esters is 4. The van der Waals surface area contributed by atoms with E-state index in [1.165, 1.54) is 0 Å². The Balaban J connectivity index is 1.56. The minimum Gasteiger partial charge on any atom is -0.467 e. The number of hydrogen-bond donors (Lipinski definition) is 0. The van der Waals surface area contributed by atoms with Gasteiger partial charge in [-0.05, 0) is 32.6 Å². The van der Waals surface area contributed by atoms with E-state index in [0.29, 0.717) is 6.61 Å². The number of ether oxygens (including phenoxy) is 9. The Morgan fingerprint density at radius 2 is 1.49 bits per heavy atom. The van der Waals surface area contributed by atoms with Crippen LogP contribution in [0.1, 0.15) is 67.7 Å². The van der Waals surface area contributed by atoms with Gasteiger partial charge in [-0.3, -0.25) is 14.4 Å². The van der Waals surface area contributed by atoms with Crippen LogP contribution in [0.25, 0.3) is 0 Å². The highest BCUT2D eigenvalue weighted by Crippen LogP contribution is 2.61. The van der Waals surface area contributed by atoms with Crippen LogP contribution in [-0.4, -0.2) is 98.4 Å². The lowest BCUT2D eigenvalue weighted by atomic mass is 9.57. The molecule has 5 aliphatic heterocycles. The topological polar surface area (TPSA) is 170 Å². The van der Waals surface area contributed by atoms with Crippen molar-refractivity contribution in [1.29, 1.82) is 0 Å². The molecule has 6 rings (SSSR count). The van der Waals surface area contributed by atoms with Gasteiger partial charge in [0.15, 0.2) is 48.9 Å². The summed E-state index contributed by atoms with van der Waals surface area (Å²) in [7, 11) is 1.13. The zero-order valence-corrected chi connectivity index (χ0v) is 26.9. The number of carbonyl (C=O) groups excluding carboxylic acids is 4. The predicted molar refractivity (Wildman–Crippen MR) is 146 cm³/mol. The molecule has 0 unspecified atom stereocenters. The maximum atomic E-state index is 13.0. The van der Waals surface area contributed by atoms with Crippen LogP contribution < -0.4 is 0 Å². The van der Waals surface area contributed by atoms with Gasteiger partial charge in [-0.1, -0.05) is 13.8 Å². The number of methoxy groups -OCH3 is 1. The molecule has 14 atom stereocenters. The molecule has 6 fully saturated rings. The average molecular weight is 645 g/mol. The van der Waals surface area contributed by atoms with E-state index in [2.05, 4.69) is 6.92 Å². The van der Waals surface area contributed by atoms with Gasteiger partial charge in [0.25, 0.3) is 0 Å². The minimum absolute atomic E-state index is 0.00562. The SMILES string of the molecule is CCO[C@H]1O[C@@H]2O[C@@]3(C)C[C@H](O[C@@H]4O[C@H](C(=O)OC)[C@@H](OC(C)=O)[C@H](OC(C)=O)[C@H]4OC(C)=O)[C@H]4[C@H](C)CC[C@@H]([C@H]1C)[C@@]24OO3. The Morgan fingerprint density at radius 3 is 2.11 bits per heavy atom. The van der Waals surface area contributed by atoms with Crippen molar-refractivity contribution >= 4 is 23.9 Å². The predicted octanol–water partition coefficient (Wildman–Crippen LogP) is 1.92. The first kappa shape index (κ1) is 33.9. The molecule has 254 valence electrons. The van der Waals surface area contributed by atoms with Gasteiger partial charge in [0, 0.05) is 51.6 Å². The summed E-state index contributed by atoms with van der Waals surface area (Å²) in [6.07, 6.45) is -7.87. The van der Waals surface area contributed by atoms with Crippen molar-refractivity contribution in [2.45, 2.75) is 129 Å². The molecule has 0 N–H and O–H groups in total. The second-order valence-electron chi connectivity index (χ2n) is 12.7. The van der Waals surface area contributed by atoms with E-state index in [4.69, 9.17) is 52.4 Å². The third-order valence-corrected chi connectivity index (χ3v) is 9.50. The highest BCUT2D eigenvalue weighted by molar-refractivity contribution is 5.77. The van der Waals surface area contributed by atoms with Crippen LogP contribution in [0.4, 0.5) is 0 Å². The molecule has 2 bridgehead atoms. The lowest BCUT2D eigenvalue weighted by Gasteiger charge is -2.60. The van der Waals surface area contributed by atoms with E-state index in [0.717, 1.165) is 40.7 Å². The van der Waals surface area contributed by atoms with E-state index in [-0.39, 0.29) is 24.2 Å². The molecule has 0 aromatic rings. The second-order valence-corrected chi connectivity index (χ2v) is 12.7. The molecule has 45 heavy (non-hydrogen) atoms. The Bertz CT molecular complexity index is 1150. The van der Waals surface area contributed by atoms with Crippen molar-refractivity contribution in [1.82, 2.24) is 0 Å². The number of rotatable bonds is 8. The van der Waals surface area contributed by atoms with E-state index in [9.17, 15) is 19.2 Å². The number of carbonyl (C=O) groups is 4. The third-order valence-electron chi connectivity index (χ3n) is 9.50. The Kier molecular flexibility index (Phi) is 9.81. The maximum absolute atomic E-state index is 13.0. The van der Waals surface area contributed by atoms with Crippen molar-refractivity contribution in [3.8, 4) is 0 Å².